The normalized spacial score (nSPS) is 11.4. The van der Waals surface area contributed by atoms with Crippen LogP contribution < -0.4 is 5.32 Å². The van der Waals surface area contributed by atoms with Crippen molar-refractivity contribution in [3.63, 3.8) is 0 Å². The number of hydrogen-bond donors (Lipinski definition) is 1. The molecule has 0 aliphatic carbocycles. The van der Waals surface area contributed by atoms with Gasteiger partial charge < -0.3 is 5.32 Å². The van der Waals surface area contributed by atoms with E-state index in [9.17, 15) is 9.59 Å². The van der Waals surface area contributed by atoms with E-state index in [0.717, 1.165) is 21.2 Å². The lowest BCUT2D eigenvalue weighted by Gasteiger charge is -2.20. The molecule has 29 heavy (non-hydrogen) atoms. The number of amides is 2. The second-order valence-corrected chi connectivity index (χ2v) is 7.62. The van der Waals surface area contributed by atoms with Gasteiger partial charge >= 0.3 is 0 Å². The van der Waals surface area contributed by atoms with Crippen LogP contribution in [0.4, 0.5) is 0 Å². The summed E-state index contributed by atoms with van der Waals surface area (Å²) in [6, 6.07) is 22.3. The second-order valence-electron chi connectivity index (χ2n) is 6.59. The predicted octanol–water partition coefficient (Wildman–Crippen LogP) is 3.81. The fourth-order valence-corrected chi connectivity index (χ4v) is 3.91. The molecule has 5 nitrogen and oxygen atoms in total. The lowest BCUT2D eigenvalue weighted by molar-refractivity contribution is -0.128. The van der Waals surface area contributed by atoms with E-state index in [4.69, 9.17) is 5.26 Å². The monoisotopic (exact) mass is 403 g/mol. The Balaban J connectivity index is 1.71. The van der Waals surface area contributed by atoms with Crippen LogP contribution in [-0.2, 0) is 10.5 Å². The van der Waals surface area contributed by atoms with E-state index >= 15 is 0 Å². The average molecular weight is 404 g/mol. The van der Waals surface area contributed by atoms with E-state index in [1.807, 2.05) is 66.9 Å². The maximum atomic E-state index is 12.8. The van der Waals surface area contributed by atoms with E-state index in [0.29, 0.717) is 17.1 Å². The SMILES string of the molecule is CN(C#N)C(=O)[C@H](CSCc1ccccc1)NC(=O)c1ccc2ccccc2c1. The smallest absolute Gasteiger partial charge is 0.258 e. The predicted molar refractivity (Wildman–Crippen MR) is 116 cm³/mol. The molecule has 1 N–H and O–H groups in total. The third-order valence-corrected chi connectivity index (χ3v) is 5.60. The Morgan fingerprint density at radius 2 is 1.72 bits per heavy atom. The Bertz CT molecular complexity index is 1050. The molecule has 0 radical (unpaired) electrons. The van der Waals surface area contributed by atoms with Crippen LogP contribution in [0.25, 0.3) is 10.8 Å². The first-order valence-corrected chi connectivity index (χ1v) is 10.3. The molecule has 3 rings (SSSR count). The third kappa shape index (κ3) is 5.37. The highest BCUT2D eigenvalue weighted by atomic mass is 32.2. The molecule has 0 unspecified atom stereocenters. The standard InChI is InChI=1S/C23H21N3O2S/c1-26(16-24)23(28)21(15-29-14-17-7-3-2-4-8-17)25-22(27)20-12-11-18-9-5-6-10-19(18)13-20/h2-13,21H,14-15H2,1H3,(H,25,27)/t21-/m0/s1. The van der Waals surface area contributed by atoms with Crippen LogP contribution in [0.15, 0.2) is 72.8 Å². The Kier molecular flexibility index (Phi) is 6.88. The summed E-state index contributed by atoms with van der Waals surface area (Å²) in [4.78, 5) is 26.3. The number of nitrogens with zero attached hydrogens (tertiary/aromatic N) is 2. The van der Waals surface area contributed by atoms with Gasteiger partial charge in [0.15, 0.2) is 6.19 Å². The zero-order valence-corrected chi connectivity index (χ0v) is 16.9. The maximum Gasteiger partial charge on any atom is 0.258 e. The highest BCUT2D eigenvalue weighted by Gasteiger charge is 2.24. The number of rotatable bonds is 7. The third-order valence-electron chi connectivity index (χ3n) is 4.49. The number of fused-ring (bicyclic) bond motifs is 1. The van der Waals surface area contributed by atoms with E-state index < -0.39 is 11.9 Å². The molecule has 0 spiro atoms. The topological polar surface area (TPSA) is 73.2 Å². The Morgan fingerprint density at radius 3 is 2.45 bits per heavy atom. The lowest BCUT2D eigenvalue weighted by atomic mass is 10.1. The molecule has 0 saturated carbocycles. The van der Waals surface area contributed by atoms with Gasteiger partial charge in [0.2, 0.25) is 0 Å². The molecule has 0 aliphatic heterocycles. The second kappa shape index (κ2) is 9.76. The molecule has 0 bridgehead atoms. The first-order valence-electron chi connectivity index (χ1n) is 9.17. The first-order chi connectivity index (χ1) is 14.1. The van der Waals surface area contributed by atoms with Gasteiger partial charge in [0.05, 0.1) is 0 Å². The van der Waals surface area contributed by atoms with Crippen LogP contribution in [0, 0.1) is 11.5 Å². The molecule has 0 aromatic heterocycles. The molecule has 3 aromatic rings. The molecule has 2 amide bonds. The minimum absolute atomic E-state index is 0.333. The van der Waals surface area contributed by atoms with E-state index in [-0.39, 0.29) is 5.91 Å². The van der Waals surface area contributed by atoms with Gasteiger partial charge in [0, 0.05) is 24.1 Å². The summed E-state index contributed by atoms with van der Waals surface area (Å²) in [5.41, 5.74) is 1.62. The van der Waals surface area contributed by atoms with Crippen molar-refractivity contribution in [1.82, 2.24) is 10.2 Å². The molecule has 0 saturated heterocycles. The Morgan fingerprint density at radius 1 is 1.03 bits per heavy atom. The Hall–Kier alpha value is -3.30. The summed E-state index contributed by atoms with van der Waals surface area (Å²) >= 11 is 1.54. The number of nitrogens with one attached hydrogen (secondary N) is 1. The fourth-order valence-electron chi connectivity index (χ4n) is 2.90. The molecule has 0 heterocycles. The van der Waals surface area contributed by atoms with Gasteiger partial charge in [-0.05, 0) is 28.5 Å². The maximum absolute atomic E-state index is 12.8. The minimum atomic E-state index is -0.785. The number of thioether (sulfide) groups is 1. The minimum Gasteiger partial charge on any atom is -0.339 e. The molecule has 6 heteroatoms. The van der Waals surface area contributed by atoms with Crippen LogP contribution >= 0.6 is 11.8 Å². The quantitative estimate of drug-likeness (QED) is 0.481. The van der Waals surface area contributed by atoms with Crippen molar-refractivity contribution in [3.8, 4) is 6.19 Å². The average Bonchev–Trinajstić information content (AvgIpc) is 2.77. The lowest BCUT2D eigenvalue weighted by Crippen LogP contribution is -2.47. The highest BCUT2D eigenvalue weighted by Crippen LogP contribution is 2.17. The van der Waals surface area contributed by atoms with Crippen LogP contribution in [0.5, 0.6) is 0 Å². The van der Waals surface area contributed by atoms with Crippen molar-refractivity contribution in [1.29, 1.82) is 5.26 Å². The summed E-state index contributed by atoms with van der Waals surface area (Å²) in [5, 5.41) is 13.9. The fraction of sp³-hybridized carbons (Fsp3) is 0.174. The zero-order valence-electron chi connectivity index (χ0n) is 16.0. The van der Waals surface area contributed by atoms with Crippen LogP contribution in [0.2, 0.25) is 0 Å². The summed E-state index contributed by atoms with van der Waals surface area (Å²) in [7, 11) is 1.40. The summed E-state index contributed by atoms with van der Waals surface area (Å²) < 4.78 is 0. The molecule has 0 fully saturated rings. The largest absolute Gasteiger partial charge is 0.339 e. The molecule has 3 aromatic carbocycles. The number of likely N-dealkylation sites (N-methyl/N-ethyl adjacent to an activating group) is 1. The van der Waals surface area contributed by atoms with E-state index in [1.54, 1.807) is 12.1 Å². The van der Waals surface area contributed by atoms with Gasteiger partial charge in [-0.2, -0.15) is 17.0 Å². The Labute approximate surface area is 174 Å². The van der Waals surface area contributed by atoms with Gasteiger partial charge in [-0.3, -0.25) is 14.5 Å². The van der Waals surface area contributed by atoms with Crippen molar-refractivity contribution in [2.75, 3.05) is 12.8 Å². The van der Waals surface area contributed by atoms with Crippen molar-refractivity contribution < 1.29 is 9.59 Å². The molecule has 146 valence electrons. The summed E-state index contributed by atoms with van der Waals surface area (Å²) in [6.07, 6.45) is 1.81. The zero-order chi connectivity index (χ0) is 20.6. The summed E-state index contributed by atoms with van der Waals surface area (Å²) in [6.45, 7) is 0. The van der Waals surface area contributed by atoms with Crippen LogP contribution in [-0.4, -0.2) is 35.6 Å². The number of carbonyl (C=O) groups excluding carboxylic acids is 2. The van der Waals surface area contributed by atoms with Crippen molar-refractivity contribution in [2.24, 2.45) is 0 Å². The van der Waals surface area contributed by atoms with Gasteiger partial charge in [0.1, 0.15) is 6.04 Å². The number of benzene rings is 3. The molecule has 1 atom stereocenters. The highest BCUT2D eigenvalue weighted by molar-refractivity contribution is 7.98. The van der Waals surface area contributed by atoms with Crippen molar-refractivity contribution >= 4 is 34.3 Å². The first kappa shape index (κ1) is 20.4. The van der Waals surface area contributed by atoms with Gasteiger partial charge in [-0.1, -0.05) is 60.7 Å². The molecule has 0 aliphatic rings. The van der Waals surface area contributed by atoms with Gasteiger partial charge in [-0.15, -0.1) is 0 Å². The van der Waals surface area contributed by atoms with Crippen LogP contribution in [0.3, 0.4) is 0 Å². The van der Waals surface area contributed by atoms with Gasteiger partial charge in [0.25, 0.3) is 11.8 Å². The van der Waals surface area contributed by atoms with E-state index in [1.165, 1.54) is 18.8 Å². The van der Waals surface area contributed by atoms with Crippen molar-refractivity contribution in [2.45, 2.75) is 11.8 Å². The number of carbonyl (C=O) groups is 2. The molecular weight excluding hydrogens is 382 g/mol. The number of nitriles is 1. The van der Waals surface area contributed by atoms with E-state index in [2.05, 4.69) is 5.32 Å². The summed E-state index contributed by atoms with van der Waals surface area (Å²) in [5.74, 6) is 0.328. The number of hydrogen-bond acceptors (Lipinski definition) is 4. The van der Waals surface area contributed by atoms with Crippen LogP contribution in [0.1, 0.15) is 15.9 Å². The van der Waals surface area contributed by atoms with Gasteiger partial charge in [-0.25, -0.2) is 0 Å². The molecular formula is C23H21N3O2S. The van der Waals surface area contributed by atoms with Crippen molar-refractivity contribution in [3.05, 3.63) is 83.9 Å².